The zero-order valence-electron chi connectivity index (χ0n) is 16.3. The van der Waals surface area contributed by atoms with Gasteiger partial charge in [-0.25, -0.2) is 8.42 Å². The minimum absolute atomic E-state index is 0.116. The number of anilines is 1. The van der Waals surface area contributed by atoms with E-state index in [9.17, 15) is 18.0 Å². The molecule has 0 aromatic heterocycles. The van der Waals surface area contributed by atoms with Crippen LogP contribution in [-0.2, 0) is 14.8 Å². The Balaban J connectivity index is 1.63. The molecule has 0 radical (unpaired) electrons. The summed E-state index contributed by atoms with van der Waals surface area (Å²) in [6.45, 7) is 3.87. The number of Topliss-reactive ketones (excluding diaryl/α,β-unsaturated/α-hetero) is 1. The van der Waals surface area contributed by atoms with Gasteiger partial charge in [0.05, 0.1) is 15.6 Å². The SMILES string of the molecule is CC(=O)c1ccc(S(=O)(=O)N2CCC(C(=O)Nc3ccc(C)cc3Cl)CC2)cc1. The number of nitrogens with zero attached hydrogens (tertiary/aromatic N) is 1. The van der Waals surface area contributed by atoms with Crippen LogP contribution in [-0.4, -0.2) is 37.5 Å². The molecule has 154 valence electrons. The molecule has 1 aliphatic rings. The van der Waals surface area contributed by atoms with Crippen LogP contribution in [0.5, 0.6) is 0 Å². The summed E-state index contributed by atoms with van der Waals surface area (Å²) in [5.41, 5.74) is 2.03. The first-order chi connectivity index (χ1) is 13.7. The highest BCUT2D eigenvalue weighted by Gasteiger charge is 2.32. The molecule has 8 heteroatoms. The molecule has 0 atom stereocenters. The molecule has 0 spiro atoms. The largest absolute Gasteiger partial charge is 0.325 e. The third-order valence-corrected chi connectivity index (χ3v) is 7.33. The standard InChI is InChI=1S/C21H23ClN2O4S/c1-14-3-8-20(19(22)13-14)23-21(26)17-9-11-24(12-10-17)29(27,28)18-6-4-16(5-7-18)15(2)25/h3-8,13,17H,9-12H2,1-2H3,(H,23,26). The molecule has 1 saturated heterocycles. The van der Waals surface area contributed by atoms with Gasteiger partial charge in [0, 0.05) is 24.6 Å². The fourth-order valence-corrected chi connectivity index (χ4v) is 5.08. The van der Waals surface area contributed by atoms with Crippen molar-refractivity contribution < 1.29 is 18.0 Å². The Morgan fingerprint density at radius 3 is 2.24 bits per heavy atom. The molecule has 0 saturated carbocycles. The van der Waals surface area contributed by atoms with Gasteiger partial charge in [0.2, 0.25) is 15.9 Å². The lowest BCUT2D eigenvalue weighted by atomic mass is 9.97. The number of carbonyl (C=O) groups excluding carboxylic acids is 2. The van der Waals surface area contributed by atoms with Crippen LogP contribution in [0.15, 0.2) is 47.4 Å². The minimum Gasteiger partial charge on any atom is -0.325 e. The summed E-state index contributed by atoms with van der Waals surface area (Å²) in [4.78, 5) is 24.1. The van der Waals surface area contributed by atoms with E-state index in [2.05, 4.69) is 5.32 Å². The van der Waals surface area contributed by atoms with E-state index in [1.165, 1.54) is 35.5 Å². The smallest absolute Gasteiger partial charge is 0.243 e. The molecule has 1 N–H and O–H groups in total. The Morgan fingerprint density at radius 2 is 1.69 bits per heavy atom. The maximum Gasteiger partial charge on any atom is 0.243 e. The zero-order chi connectivity index (χ0) is 21.2. The number of aryl methyl sites for hydroxylation is 1. The Kier molecular flexibility index (Phi) is 6.41. The number of hydrogen-bond donors (Lipinski definition) is 1. The lowest BCUT2D eigenvalue weighted by Crippen LogP contribution is -2.41. The van der Waals surface area contributed by atoms with Crippen molar-refractivity contribution in [3.8, 4) is 0 Å². The minimum atomic E-state index is -3.65. The summed E-state index contributed by atoms with van der Waals surface area (Å²) in [5, 5.41) is 3.32. The normalized spacial score (nSPS) is 15.8. The quantitative estimate of drug-likeness (QED) is 0.723. The Labute approximate surface area is 175 Å². The predicted molar refractivity (Wildman–Crippen MR) is 113 cm³/mol. The van der Waals surface area contributed by atoms with E-state index in [-0.39, 0.29) is 35.6 Å². The summed E-state index contributed by atoms with van der Waals surface area (Å²) in [6.07, 6.45) is 0.861. The van der Waals surface area contributed by atoms with E-state index < -0.39 is 10.0 Å². The van der Waals surface area contributed by atoms with Gasteiger partial charge in [0.25, 0.3) is 0 Å². The number of ketones is 1. The van der Waals surface area contributed by atoms with Crippen LogP contribution >= 0.6 is 11.6 Å². The van der Waals surface area contributed by atoms with Gasteiger partial charge in [0.1, 0.15) is 0 Å². The molecule has 1 fully saturated rings. The monoisotopic (exact) mass is 434 g/mol. The third-order valence-electron chi connectivity index (χ3n) is 5.11. The van der Waals surface area contributed by atoms with Gasteiger partial charge < -0.3 is 5.32 Å². The molecule has 1 aliphatic heterocycles. The molecule has 0 bridgehead atoms. The van der Waals surface area contributed by atoms with Gasteiger partial charge in [-0.05, 0) is 56.5 Å². The van der Waals surface area contributed by atoms with Crippen LogP contribution in [0.2, 0.25) is 5.02 Å². The van der Waals surface area contributed by atoms with Gasteiger partial charge in [-0.2, -0.15) is 4.31 Å². The molecule has 1 amide bonds. The highest BCUT2D eigenvalue weighted by Crippen LogP contribution is 2.27. The van der Waals surface area contributed by atoms with Crippen molar-refractivity contribution in [2.24, 2.45) is 5.92 Å². The molecule has 1 heterocycles. The molecule has 29 heavy (non-hydrogen) atoms. The highest BCUT2D eigenvalue weighted by molar-refractivity contribution is 7.89. The molecule has 2 aromatic carbocycles. The van der Waals surface area contributed by atoms with Gasteiger partial charge >= 0.3 is 0 Å². The van der Waals surface area contributed by atoms with Crippen molar-refractivity contribution >= 4 is 39.0 Å². The van der Waals surface area contributed by atoms with Crippen molar-refractivity contribution in [2.45, 2.75) is 31.6 Å². The van der Waals surface area contributed by atoms with E-state index in [0.29, 0.717) is 29.1 Å². The second-order valence-corrected chi connectivity index (χ2v) is 9.58. The number of piperidine rings is 1. The average Bonchev–Trinajstić information content (AvgIpc) is 2.70. The lowest BCUT2D eigenvalue weighted by molar-refractivity contribution is -0.120. The van der Waals surface area contributed by atoms with E-state index in [1.54, 1.807) is 12.1 Å². The van der Waals surface area contributed by atoms with Crippen molar-refractivity contribution in [3.05, 3.63) is 58.6 Å². The fourth-order valence-electron chi connectivity index (χ4n) is 3.33. The van der Waals surface area contributed by atoms with Crippen molar-refractivity contribution in [2.75, 3.05) is 18.4 Å². The number of benzene rings is 2. The summed E-state index contributed by atoms with van der Waals surface area (Å²) in [6, 6.07) is 11.3. The number of amides is 1. The van der Waals surface area contributed by atoms with Crippen LogP contribution < -0.4 is 5.32 Å². The number of sulfonamides is 1. The van der Waals surface area contributed by atoms with E-state index in [4.69, 9.17) is 11.6 Å². The number of nitrogens with one attached hydrogen (secondary N) is 1. The maximum absolute atomic E-state index is 12.8. The number of halogens is 1. The Hall–Kier alpha value is -2.22. The summed E-state index contributed by atoms with van der Waals surface area (Å²) >= 11 is 6.17. The van der Waals surface area contributed by atoms with Crippen LogP contribution in [0.4, 0.5) is 5.69 Å². The topological polar surface area (TPSA) is 83.6 Å². The van der Waals surface area contributed by atoms with E-state index in [0.717, 1.165) is 5.56 Å². The number of carbonyl (C=O) groups is 2. The molecular weight excluding hydrogens is 412 g/mol. The van der Waals surface area contributed by atoms with Gasteiger partial charge in [-0.15, -0.1) is 0 Å². The van der Waals surface area contributed by atoms with Crippen molar-refractivity contribution in [1.29, 1.82) is 0 Å². The molecule has 3 rings (SSSR count). The first-order valence-corrected chi connectivity index (χ1v) is 11.2. The third kappa shape index (κ3) is 4.86. The van der Waals surface area contributed by atoms with Crippen LogP contribution in [0.3, 0.4) is 0 Å². The van der Waals surface area contributed by atoms with E-state index in [1.807, 2.05) is 13.0 Å². The summed E-state index contributed by atoms with van der Waals surface area (Å²) in [5.74, 6) is -0.549. The fraction of sp³-hybridized carbons (Fsp3) is 0.333. The first-order valence-electron chi connectivity index (χ1n) is 9.36. The molecule has 6 nitrogen and oxygen atoms in total. The van der Waals surface area contributed by atoms with Gasteiger partial charge in [-0.1, -0.05) is 29.8 Å². The Morgan fingerprint density at radius 1 is 1.07 bits per heavy atom. The number of hydrogen-bond acceptors (Lipinski definition) is 4. The predicted octanol–water partition coefficient (Wildman–Crippen LogP) is 3.89. The second-order valence-electron chi connectivity index (χ2n) is 7.23. The molecular formula is C21H23ClN2O4S. The van der Waals surface area contributed by atoms with Gasteiger partial charge in [0.15, 0.2) is 5.78 Å². The molecule has 2 aromatic rings. The van der Waals surface area contributed by atoms with Crippen LogP contribution in [0, 0.1) is 12.8 Å². The molecule has 0 unspecified atom stereocenters. The molecule has 0 aliphatic carbocycles. The van der Waals surface area contributed by atoms with Crippen LogP contribution in [0.25, 0.3) is 0 Å². The lowest BCUT2D eigenvalue weighted by Gasteiger charge is -2.30. The highest BCUT2D eigenvalue weighted by atomic mass is 35.5. The zero-order valence-corrected chi connectivity index (χ0v) is 17.9. The van der Waals surface area contributed by atoms with Crippen molar-refractivity contribution in [1.82, 2.24) is 4.31 Å². The maximum atomic E-state index is 12.8. The number of rotatable bonds is 5. The second kappa shape index (κ2) is 8.65. The van der Waals surface area contributed by atoms with Gasteiger partial charge in [-0.3, -0.25) is 9.59 Å². The summed E-state index contributed by atoms with van der Waals surface area (Å²) < 4.78 is 27.1. The average molecular weight is 435 g/mol. The van der Waals surface area contributed by atoms with E-state index >= 15 is 0 Å². The van der Waals surface area contributed by atoms with Crippen molar-refractivity contribution in [3.63, 3.8) is 0 Å². The van der Waals surface area contributed by atoms with Crippen LogP contribution in [0.1, 0.15) is 35.7 Å². The first kappa shape index (κ1) is 21.5. The summed E-state index contributed by atoms with van der Waals surface area (Å²) in [7, 11) is -3.65. The Bertz CT molecular complexity index is 1030.